The standard InChI is InChI=1S/C10H21NO/c1-3-8(2)6-11-7-9-4-10(12)5-9/h8-12H,3-7H2,1-2H3. The zero-order chi connectivity index (χ0) is 8.97. The van der Waals surface area contributed by atoms with Crippen LogP contribution < -0.4 is 5.32 Å². The van der Waals surface area contributed by atoms with Gasteiger partial charge < -0.3 is 10.4 Å². The first-order valence-corrected chi connectivity index (χ1v) is 5.11. The highest BCUT2D eigenvalue weighted by molar-refractivity contribution is 4.80. The molecule has 12 heavy (non-hydrogen) atoms. The van der Waals surface area contributed by atoms with Crippen molar-refractivity contribution < 1.29 is 5.11 Å². The summed E-state index contributed by atoms with van der Waals surface area (Å²) in [5.74, 6) is 1.53. The molecule has 1 rings (SSSR count). The summed E-state index contributed by atoms with van der Waals surface area (Å²) >= 11 is 0. The van der Waals surface area contributed by atoms with Crippen LogP contribution in [0.3, 0.4) is 0 Å². The van der Waals surface area contributed by atoms with Gasteiger partial charge >= 0.3 is 0 Å². The van der Waals surface area contributed by atoms with E-state index in [1.165, 1.54) is 6.42 Å². The van der Waals surface area contributed by atoms with Crippen LogP contribution >= 0.6 is 0 Å². The predicted molar refractivity (Wildman–Crippen MR) is 51.1 cm³/mol. The molecule has 1 aliphatic carbocycles. The van der Waals surface area contributed by atoms with Crippen molar-refractivity contribution in [3.63, 3.8) is 0 Å². The highest BCUT2D eigenvalue weighted by atomic mass is 16.3. The summed E-state index contributed by atoms with van der Waals surface area (Å²) in [6, 6.07) is 0. The second kappa shape index (κ2) is 4.83. The predicted octanol–water partition coefficient (Wildman–Crippen LogP) is 1.39. The fourth-order valence-electron chi connectivity index (χ4n) is 1.55. The van der Waals surface area contributed by atoms with Crippen molar-refractivity contribution in [2.24, 2.45) is 11.8 Å². The van der Waals surface area contributed by atoms with Crippen LogP contribution in [-0.2, 0) is 0 Å². The Hall–Kier alpha value is -0.0800. The zero-order valence-corrected chi connectivity index (χ0v) is 8.21. The summed E-state index contributed by atoms with van der Waals surface area (Å²) in [6.07, 6.45) is 3.27. The first-order valence-electron chi connectivity index (χ1n) is 5.11. The van der Waals surface area contributed by atoms with E-state index < -0.39 is 0 Å². The minimum absolute atomic E-state index is 0.000369. The molecule has 1 saturated carbocycles. The van der Waals surface area contributed by atoms with E-state index in [2.05, 4.69) is 19.2 Å². The lowest BCUT2D eigenvalue weighted by atomic mass is 9.82. The number of rotatable bonds is 5. The minimum atomic E-state index is 0.000369. The molecule has 0 aromatic carbocycles. The summed E-state index contributed by atoms with van der Waals surface area (Å²) in [4.78, 5) is 0. The first-order chi connectivity index (χ1) is 5.72. The van der Waals surface area contributed by atoms with Gasteiger partial charge in [-0.25, -0.2) is 0 Å². The van der Waals surface area contributed by atoms with Crippen LogP contribution in [0.4, 0.5) is 0 Å². The van der Waals surface area contributed by atoms with Crippen molar-refractivity contribution in [1.82, 2.24) is 5.32 Å². The van der Waals surface area contributed by atoms with Crippen molar-refractivity contribution in [1.29, 1.82) is 0 Å². The van der Waals surface area contributed by atoms with Gasteiger partial charge in [0.05, 0.1) is 6.10 Å². The second-order valence-corrected chi connectivity index (χ2v) is 4.16. The van der Waals surface area contributed by atoms with Gasteiger partial charge in [-0.1, -0.05) is 20.3 Å². The molecule has 0 saturated heterocycles. The van der Waals surface area contributed by atoms with E-state index in [1.54, 1.807) is 0 Å². The van der Waals surface area contributed by atoms with Crippen LogP contribution in [0.25, 0.3) is 0 Å². The molecule has 0 radical (unpaired) electrons. The third-order valence-corrected chi connectivity index (χ3v) is 2.83. The van der Waals surface area contributed by atoms with Crippen LogP contribution in [0.15, 0.2) is 0 Å². The molecule has 0 heterocycles. The lowest BCUT2D eigenvalue weighted by Crippen LogP contribution is -2.37. The average molecular weight is 171 g/mol. The quantitative estimate of drug-likeness (QED) is 0.655. The largest absolute Gasteiger partial charge is 0.393 e. The molecule has 1 atom stereocenters. The molecule has 2 heteroatoms. The van der Waals surface area contributed by atoms with Crippen LogP contribution in [0, 0.1) is 11.8 Å². The van der Waals surface area contributed by atoms with E-state index in [1.807, 2.05) is 0 Å². The van der Waals surface area contributed by atoms with Crippen LogP contribution in [0.5, 0.6) is 0 Å². The van der Waals surface area contributed by atoms with Crippen molar-refractivity contribution in [3.8, 4) is 0 Å². The van der Waals surface area contributed by atoms with Crippen LogP contribution in [0.1, 0.15) is 33.1 Å². The second-order valence-electron chi connectivity index (χ2n) is 4.16. The Labute approximate surface area is 75.4 Å². The van der Waals surface area contributed by atoms with Gasteiger partial charge in [0, 0.05) is 0 Å². The molecule has 0 aromatic heterocycles. The van der Waals surface area contributed by atoms with Gasteiger partial charge in [0.1, 0.15) is 0 Å². The number of hydrogen-bond donors (Lipinski definition) is 2. The molecule has 0 spiro atoms. The van der Waals surface area contributed by atoms with Gasteiger partial charge in [0.2, 0.25) is 0 Å². The maximum absolute atomic E-state index is 9.05. The number of nitrogens with one attached hydrogen (secondary N) is 1. The SMILES string of the molecule is CCC(C)CNCC1CC(O)C1. The fourth-order valence-corrected chi connectivity index (χ4v) is 1.55. The van der Waals surface area contributed by atoms with Crippen molar-refractivity contribution >= 4 is 0 Å². The number of aliphatic hydroxyl groups excluding tert-OH is 1. The van der Waals surface area contributed by atoms with Crippen molar-refractivity contribution in [2.75, 3.05) is 13.1 Å². The van der Waals surface area contributed by atoms with Crippen LogP contribution in [0.2, 0.25) is 0 Å². The van der Waals surface area contributed by atoms with E-state index in [4.69, 9.17) is 5.11 Å². The van der Waals surface area contributed by atoms with E-state index in [0.717, 1.165) is 37.8 Å². The molecule has 2 N–H and O–H groups in total. The first kappa shape index (κ1) is 10.0. The maximum Gasteiger partial charge on any atom is 0.0546 e. The molecule has 0 aromatic rings. The normalized spacial score (nSPS) is 31.2. The topological polar surface area (TPSA) is 32.3 Å². The van der Waals surface area contributed by atoms with E-state index >= 15 is 0 Å². The minimum Gasteiger partial charge on any atom is -0.393 e. The molecule has 1 aliphatic rings. The zero-order valence-electron chi connectivity index (χ0n) is 8.21. The van der Waals surface area contributed by atoms with E-state index in [0.29, 0.717) is 0 Å². The third-order valence-electron chi connectivity index (χ3n) is 2.83. The Morgan fingerprint density at radius 1 is 1.50 bits per heavy atom. The fraction of sp³-hybridized carbons (Fsp3) is 1.00. The summed E-state index contributed by atoms with van der Waals surface area (Å²) in [5, 5.41) is 12.5. The Kier molecular flexibility index (Phi) is 4.02. The lowest BCUT2D eigenvalue weighted by molar-refractivity contribution is 0.0428. The maximum atomic E-state index is 9.05. The van der Waals surface area contributed by atoms with Crippen LogP contribution in [-0.4, -0.2) is 24.3 Å². The van der Waals surface area contributed by atoms with E-state index in [9.17, 15) is 0 Å². The van der Waals surface area contributed by atoms with Gasteiger partial charge in [0.15, 0.2) is 0 Å². The lowest BCUT2D eigenvalue weighted by Gasteiger charge is -2.31. The van der Waals surface area contributed by atoms with Gasteiger partial charge in [-0.15, -0.1) is 0 Å². The summed E-state index contributed by atoms with van der Waals surface area (Å²) in [7, 11) is 0. The highest BCUT2D eigenvalue weighted by Gasteiger charge is 2.26. The molecule has 0 amide bonds. The van der Waals surface area contributed by atoms with Gasteiger partial charge in [-0.05, 0) is 37.8 Å². The monoisotopic (exact) mass is 171 g/mol. The van der Waals surface area contributed by atoms with Crippen molar-refractivity contribution in [3.05, 3.63) is 0 Å². The molecule has 1 fully saturated rings. The smallest absolute Gasteiger partial charge is 0.0546 e. The van der Waals surface area contributed by atoms with Gasteiger partial charge in [0.25, 0.3) is 0 Å². The third kappa shape index (κ3) is 3.11. The Morgan fingerprint density at radius 3 is 2.67 bits per heavy atom. The molecule has 72 valence electrons. The van der Waals surface area contributed by atoms with Gasteiger partial charge in [-0.3, -0.25) is 0 Å². The average Bonchev–Trinajstić information content (AvgIpc) is 2.01. The number of aliphatic hydroxyl groups is 1. The highest BCUT2D eigenvalue weighted by Crippen LogP contribution is 2.26. The molecular formula is C10H21NO. The van der Waals surface area contributed by atoms with E-state index in [-0.39, 0.29) is 6.10 Å². The Bertz CT molecular complexity index is 121. The molecule has 0 bridgehead atoms. The van der Waals surface area contributed by atoms with Gasteiger partial charge in [-0.2, -0.15) is 0 Å². The Morgan fingerprint density at radius 2 is 2.17 bits per heavy atom. The molecule has 2 nitrogen and oxygen atoms in total. The van der Waals surface area contributed by atoms with Crippen molar-refractivity contribution in [2.45, 2.75) is 39.2 Å². The summed E-state index contributed by atoms with van der Waals surface area (Å²) < 4.78 is 0. The molecule has 0 aliphatic heterocycles. The summed E-state index contributed by atoms with van der Waals surface area (Å²) in [6.45, 7) is 6.71. The number of hydrogen-bond acceptors (Lipinski definition) is 2. The summed E-state index contributed by atoms with van der Waals surface area (Å²) in [5.41, 5.74) is 0. The molecular weight excluding hydrogens is 150 g/mol. The Balaban J connectivity index is 1.89. The molecule has 1 unspecified atom stereocenters.